The molecule has 10 aromatic carbocycles. The molecule has 3 nitrogen and oxygen atoms in total. The third-order valence-corrected chi connectivity index (χ3v) is 17.2. The minimum Gasteiger partial charge on any atom is -0.458 e. The Labute approximate surface area is 349 Å². The standard InChI is InChI=1S/C56H37NO2Si/c1-2-18-43(19-3-1)60(55-26-10-8-24-51(55)58-52-25-9-11-27-56(52)60)44-33-35-49-48-34-32-42(36-53(48)59-54(49)37-44)57(50-23-13-17-39-15-5-7-21-47(39)50)41-30-28-40(29-31-41)46-22-12-16-38-14-4-6-20-45(38)46/h1-37H. The Hall–Kier alpha value is -7.66. The van der Waals surface area contributed by atoms with E-state index in [-0.39, 0.29) is 0 Å². The van der Waals surface area contributed by atoms with Gasteiger partial charge in [-0.3, -0.25) is 0 Å². The summed E-state index contributed by atoms with van der Waals surface area (Å²) >= 11 is 0. The molecular formula is C56H37NO2Si. The van der Waals surface area contributed by atoms with E-state index in [4.69, 9.17) is 9.15 Å². The van der Waals surface area contributed by atoms with E-state index in [2.05, 4.69) is 229 Å². The van der Waals surface area contributed by atoms with E-state index < -0.39 is 8.07 Å². The first-order chi connectivity index (χ1) is 29.7. The van der Waals surface area contributed by atoms with Crippen LogP contribution in [0.3, 0.4) is 0 Å². The van der Waals surface area contributed by atoms with Gasteiger partial charge >= 0.3 is 0 Å². The first-order valence-electron chi connectivity index (χ1n) is 20.5. The van der Waals surface area contributed by atoms with Crippen LogP contribution in [0.25, 0.3) is 54.6 Å². The molecule has 0 fully saturated rings. The van der Waals surface area contributed by atoms with Gasteiger partial charge in [0.2, 0.25) is 0 Å². The highest BCUT2D eigenvalue weighted by Crippen LogP contribution is 2.42. The lowest BCUT2D eigenvalue weighted by Gasteiger charge is -2.39. The molecule has 0 aliphatic carbocycles. The smallest absolute Gasteiger partial charge is 0.188 e. The van der Waals surface area contributed by atoms with Crippen LogP contribution < -0.4 is 30.4 Å². The second-order valence-corrected chi connectivity index (χ2v) is 19.3. The van der Waals surface area contributed by atoms with Crippen molar-refractivity contribution in [3.8, 4) is 22.6 Å². The number of nitrogens with zero attached hydrogens (tertiary/aromatic N) is 1. The van der Waals surface area contributed by atoms with Crippen LogP contribution in [-0.2, 0) is 0 Å². The van der Waals surface area contributed by atoms with Gasteiger partial charge in [0.15, 0.2) is 8.07 Å². The molecule has 0 saturated carbocycles. The Kier molecular flexibility index (Phi) is 7.87. The van der Waals surface area contributed by atoms with Crippen molar-refractivity contribution >= 4 is 89.4 Å². The van der Waals surface area contributed by atoms with Crippen molar-refractivity contribution in [2.24, 2.45) is 0 Å². The first kappa shape index (κ1) is 34.4. The van der Waals surface area contributed by atoms with Crippen molar-refractivity contribution < 1.29 is 9.15 Å². The SMILES string of the molecule is c1ccc([Si]2(c3ccc4c(c3)oc3cc(N(c5ccc(-c6cccc7ccccc67)cc5)c5cccc6ccccc56)ccc34)c3ccccc3Oc3ccccc32)cc1. The highest BCUT2D eigenvalue weighted by Gasteiger charge is 2.48. The monoisotopic (exact) mass is 783 g/mol. The van der Waals surface area contributed by atoms with Gasteiger partial charge < -0.3 is 14.1 Å². The number of para-hydroxylation sites is 2. The molecule has 1 aliphatic rings. The number of ether oxygens (including phenoxy) is 1. The van der Waals surface area contributed by atoms with Crippen molar-refractivity contribution in [3.05, 3.63) is 224 Å². The molecule has 4 heteroatoms. The maximum Gasteiger partial charge on any atom is 0.188 e. The molecule has 0 atom stereocenters. The third kappa shape index (κ3) is 5.28. The lowest BCUT2D eigenvalue weighted by molar-refractivity contribution is 0.487. The normalized spacial score (nSPS) is 12.9. The van der Waals surface area contributed by atoms with Gasteiger partial charge in [0, 0.05) is 33.6 Å². The Morgan fingerprint density at radius 1 is 0.367 bits per heavy atom. The molecule has 282 valence electrons. The lowest BCUT2D eigenvalue weighted by Crippen LogP contribution is -2.76. The molecule has 0 N–H and O–H groups in total. The number of anilines is 3. The van der Waals surface area contributed by atoms with Crippen LogP contribution in [0.5, 0.6) is 11.5 Å². The van der Waals surface area contributed by atoms with Crippen molar-refractivity contribution in [3.63, 3.8) is 0 Å². The maximum atomic E-state index is 6.97. The van der Waals surface area contributed by atoms with Gasteiger partial charge in [-0.25, -0.2) is 0 Å². The summed E-state index contributed by atoms with van der Waals surface area (Å²) in [6, 6.07) is 81.0. The van der Waals surface area contributed by atoms with Gasteiger partial charge in [0.05, 0.1) is 5.69 Å². The second-order valence-electron chi connectivity index (χ2n) is 15.6. The molecule has 0 spiro atoms. The summed E-state index contributed by atoms with van der Waals surface area (Å²) in [6.07, 6.45) is 0. The molecule has 12 rings (SSSR count). The summed E-state index contributed by atoms with van der Waals surface area (Å²) in [7, 11) is -2.82. The molecule has 11 aromatic rings. The molecule has 0 saturated heterocycles. The van der Waals surface area contributed by atoms with Gasteiger partial charge in [-0.2, -0.15) is 0 Å². The van der Waals surface area contributed by atoms with Crippen molar-refractivity contribution in [1.29, 1.82) is 0 Å². The minimum absolute atomic E-state index is 0.848. The van der Waals surface area contributed by atoms with Crippen LogP contribution >= 0.6 is 0 Å². The van der Waals surface area contributed by atoms with Crippen LogP contribution in [0, 0.1) is 0 Å². The number of furan rings is 1. The van der Waals surface area contributed by atoms with Crippen molar-refractivity contribution in [1.82, 2.24) is 0 Å². The van der Waals surface area contributed by atoms with Crippen LogP contribution in [0.4, 0.5) is 17.1 Å². The van der Waals surface area contributed by atoms with E-state index >= 15 is 0 Å². The molecular weight excluding hydrogens is 747 g/mol. The van der Waals surface area contributed by atoms with E-state index in [1.807, 2.05) is 0 Å². The van der Waals surface area contributed by atoms with Gasteiger partial charge in [-0.1, -0.05) is 170 Å². The Balaban J connectivity index is 1.03. The Bertz CT molecular complexity index is 3370. The first-order valence-corrected chi connectivity index (χ1v) is 22.5. The zero-order valence-corrected chi connectivity index (χ0v) is 33.6. The van der Waals surface area contributed by atoms with Crippen molar-refractivity contribution in [2.75, 3.05) is 4.90 Å². The zero-order chi connectivity index (χ0) is 39.6. The largest absolute Gasteiger partial charge is 0.458 e. The van der Waals surface area contributed by atoms with E-state index in [1.54, 1.807) is 0 Å². The van der Waals surface area contributed by atoms with Gasteiger partial charge in [-0.05, 0) is 96.6 Å². The van der Waals surface area contributed by atoms with Crippen LogP contribution in [0.15, 0.2) is 229 Å². The summed E-state index contributed by atoms with van der Waals surface area (Å²) in [5.41, 5.74) is 7.34. The fourth-order valence-corrected chi connectivity index (χ4v) is 14.6. The fourth-order valence-electron chi connectivity index (χ4n) is 9.71. The van der Waals surface area contributed by atoms with Crippen LogP contribution in [0.2, 0.25) is 0 Å². The number of fused-ring (bicyclic) bond motifs is 7. The van der Waals surface area contributed by atoms with Gasteiger partial charge in [-0.15, -0.1) is 0 Å². The summed E-state index contributed by atoms with van der Waals surface area (Å²) < 4.78 is 13.6. The number of rotatable bonds is 6. The van der Waals surface area contributed by atoms with Gasteiger partial charge in [0.25, 0.3) is 0 Å². The van der Waals surface area contributed by atoms with Crippen LogP contribution in [-0.4, -0.2) is 8.07 Å². The average molecular weight is 784 g/mol. The maximum absolute atomic E-state index is 6.97. The van der Waals surface area contributed by atoms with E-state index in [0.717, 1.165) is 50.5 Å². The molecule has 1 aliphatic heterocycles. The van der Waals surface area contributed by atoms with Crippen molar-refractivity contribution in [2.45, 2.75) is 0 Å². The predicted octanol–water partition coefficient (Wildman–Crippen LogP) is 12.5. The molecule has 1 aromatic heterocycles. The number of hydrogen-bond donors (Lipinski definition) is 0. The molecule has 0 bridgehead atoms. The van der Waals surface area contributed by atoms with E-state index in [9.17, 15) is 0 Å². The summed E-state index contributed by atoms with van der Waals surface area (Å²) in [5, 5.41) is 12.1. The average Bonchev–Trinajstić information content (AvgIpc) is 3.68. The molecule has 0 unspecified atom stereocenters. The lowest BCUT2D eigenvalue weighted by atomic mass is 9.98. The molecule has 60 heavy (non-hydrogen) atoms. The third-order valence-electron chi connectivity index (χ3n) is 12.4. The quantitative estimate of drug-likeness (QED) is 0.157. The second kappa shape index (κ2) is 13.7. The fraction of sp³-hybridized carbons (Fsp3) is 0. The Morgan fingerprint density at radius 3 is 1.68 bits per heavy atom. The predicted molar refractivity (Wildman–Crippen MR) is 253 cm³/mol. The summed E-state index contributed by atoms with van der Waals surface area (Å²) in [4.78, 5) is 2.36. The zero-order valence-electron chi connectivity index (χ0n) is 32.6. The van der Waals surface area contributed by atoms with Crippen LogP contribution in [0.1, 0.15) is 0 Å². The molecule has 0 radical (unpaired) electrons. The Morgan fingerprint density at radius 2 is 0.933 bits per heavy atom. The van der Waals surface area contributed by atoms with E-state index in [1.165, 1.54) is 53.4 Å². The summed E-state index contributed by atoms with van der Waals surface area (Å²) in [6.45, 7) is 0. The molecule has 0 amide bonds. The molecule has 2 heterocycles. The van der Waals surface area contributed by atoms with E-state index in [0.29, 0.717) is 0 Å². The summed E-state index contributed by atoms with van der Waals surface area (Å²) in [5.74, 6) is 1.83. The number of benzene rings is 10. The topological polar surface area (TPSA) is 25.6 Å². The van der Waals surface area contributed by atoms with Gasteiger partial charge in [0.1, 0.15) is 22.7 Å². The highest BCUT2D eigenvalue weighted by molar-refractivity contribution is 7.20. The minimum atomic E-state index is -2.82. The highest BCUT2D eigenvalue weighted by atomic mass is 28.3. The number of hydrogen-bond acceptors (Lipinski definition) is 3.